The molecule has 1 unspecified atom stereocenters. The van der Waals surface area contributed by atoms with Crippen LogP contribution < -0.4 is 16.4 Å². The Morgan fingerprint density at radius 3 is 2.42 bits per heavy atom. The fourth-order valence-corrected chi connectivity index (χ4v) is 1.38. The molecule has 3 amide bonds. The van der Waals surface area contributed by atoms with Gasteiger partial charge in [0.2, 0.25) is 0 Å². The number of carbonyl (C=O) groups is 3. The summed E-state index contributed by atoms with van der Waals surface area (Å²) in [7, 11) is 0. The maximum absolute atomic E-state index is 11.7. The molecular formula is C13H17N3O3. The summed E-state index contributed by atoms with van der Waals surface area (Å²) in [6, 6.07) is 6.15. The van der Waals surface area contributed by atoms with Gasteiger partial charge in [-0.3, -0.25) is 14.4 Å². The van der Waals surface area contributed by atoms with E-state index in [1.807, 2.05) is 6.92 Å². The van der Waals surface area contributed by atoms with Gasteiger partial charge in [-0.05, 0) is 25.5 Å². The van der Waals surface area contributed by atoms with Crippen LogP contribution in [0.1, 0.15) is 30.6 Å². The SMILES string of the molecule is CCC(C)NC(=O)C(=O)Nc1ccccc1C(N)=O. The molecule has 0 heterocycles. The number of benzene rings is 1. The molecule has 0 radical (unpaired) electrons. The van der Waals surface area contributed by atoms with E-state index >= 15 is 0 Å². The fraction of sp³-hybridized carbons (Fsp3) is 0.308. The van der Waals surface area contributed by atoms with Gasteiger partial charge in [-0.25, -0.2) is 0 Å². The highest BCUT2D eigenvalue weighted by atomic mass is 16.2. The lowest BCUT2D eigenvalue weighted by Gasteiger charge is -2.12. The lowest BCUT2D eigenvalue weighted by atomic mass is 10.1. The quantitative estimate of drug-likeness (QED) is 0.695. The molecule has 1 atom stereocenters. The van der Waals surface area contributed by atoms with Gasteiger partial charge in [-0.2, -0.15) is 0 Å². The van der Waals surface area contributed by atoms with E-state index in [4.69, 9.17) is 5.73 Å². The molecule has 0 aliphatic carbocycles. The number of nitrogens with one attached hydrogen (secondary N) is 2. The molecule has 0 spiro atoms. The van der Waals surface area contributed by atoms with Gasteiger partial charge >= 0.3 is 11.8 Å². The second-order valence-corrected chi connectivity index (χ2v) is 4.15. The van der Waals surface area contributed by atoms with Crippen molar-refractivity contribution in [2.75, 3.05) is 5.32 Å². The molecule has 102 valence electrons. The molecule has 0 aliphatic rings. The third-order valence-corrected chi connectivity index (χ3v) is 2.64. The molecule has 0 bridgehead atoms. The maximum atomic E-state index is 11.7. The average molecular weight is 263 g/mol. The Bertz CT molecular complexity index is 500. The molecule has 1 aromatic carbocycles. The van der Waals surface area contributed by atoms with Gasteiger partial charge in [0.1, 0.15) is 0 Å². The lowest BCUT2D eigenvalue weighted by molar-refractivity contribution is -0.136. The Morgan fingerprint density at radius 2 is 1.84 bits per heavy atom. The molecule has 6 nitrogen and oxygen atoms in total. The topological polar surface area (TPSA) is 101 Å². The van der Waals surface area contributed by atoms with Gasteiger partial charge < -0.3 is 16.4 Å². The molecule has 0 aliphatic heterocycles. The predicted octanol–water partition coefficient (Wildman–Crippen LogP) is 0.639. The van der Waals surface area contributed by atoms with Crippen LogP contribution in [0.15, 0.2) is 24.3 Å². The van der Waals surface area contributed by atoms with E-state index in [9.17, 15) is 14.4 Å². The molecule has 0 fully saturated rings. The van der Waals surface area contributed by atoms with E-state index in [1.54, 1.807) is 19.1 Å². The Balaban J connectivity index is 2.77. The number of para-hydroxylation sites is 1. The summed E-state index contributed by atoms with van der Waals surface area (Å²) >= 11 is 0. The minimum absolute atomic E-state index is 0.0929. The third-order valence-electron chi connectivity index (χ3n) is 2.64. The Kier molecular flexibility index (Phi) is 5.05. The van der Waals surface area contributed by atoms with Crippen molar-refractivity contribution in [2.45, 2.75) is 26.3 Å². The van der Waals surface area contributed by atoms with Crippen molar-refractivity contribution in [2.24, 2.45) is 5.73 Å². The smallest absolute Gasteiger partial charge is 0.313 e. The van der Waals surface area contributed by atoms with Gasteiger partial charge in [0.05, 0.1) is 11.3 Å². The molecule has 1 aromatic rings. The third kappa shape index (κ3) is 4.09. The molecule has 0 saturated heterocycles. The number of primary amides is 1. The highest BCUT2D eigenvalue weighted by molar-refractivity contribution is 6.40. The highest BCUT2D eigenvalue weighted by Crippen LogP contribution is 2.13. The Labute approximate surface area is 111 Å². The summed E-state index contributed by atoms with van der Waals surface area (Å²) in [5.41, 5.74) is 5.56. The average Bonchev–Trinajstić information content (AvgIpc) is 2.38. The van der Waals surface area contributed by atoms with Crippen LogP contribution in [0.2, 0.25) is 0 Å². The van der Waals surface area contributed by atoms with Crippen LogP contribution in [0.3, 0.4) is 0 Å². The van der Waals surface area contributed by atoms with Crippen LogP contribution in [-0.2, 0) is 9.59 Å². The van der Waals surface area contributed by atoms with Gasteiger partial charge in [-0.1, -0.05) is 19.1 Å². The largest absolute Gasteiger partial charge is 0.366 e. The van der Waals surface area contributed by atoms with Gasteiger partial charge in [0.25, 0.3) is 5.91 Å². The monoisotopic (exact) mass is 263 g/mol. The first-order valence-corrected chi connectivity index (χ1v) is 5.96. The summed E-state index contributed by atoms with van der Waals surface area (Å²) < 4.78 is 0. The van der Waals surface area contributed by atoms with Gasteiger partial charge in [0.15, 0.2) is 0 Å². The molecule has 19 heavy (non-hydrogen) atoms. The summed E-state index contributed by atoms with van der Waals surface area (Å²) in [5.74, 6) is -2.24. The number of anilines is 1. The number of hydrogen-bond donors (Lipinski definition) is 3. The van der Waals surface area contributed by atoms with Crippen molar-refractivity contribution in [1.29, 1.82) is 0 Å². The molecule has 1 rings (SSSR count). The van der Waals surface area contributed by atoms with Crippen LogP contribution in [0.5, 0.6) is 0 Å². The van der Waals surface area contributed by atoms with E-state index < -0.39 is 17.7 Å². The first-order chi connectivity index (χ1) is 8.95. The minimum Gasteiger partial charge on any atom is -0.366 e. The second-order valence-electron chi connectivity index (χ2n) is 4.15. The van der Waals surface area contributed by atoms with Crippen LogP contribution >= 0.6 is 0 Å². The van der Waals surface area contributed by atoms with Crippen LogP contribution in [0, 0.1) is 0 Å². The number of amides is 3. The van der Waals surface area contributed by atoms with Crippen molar-refractivity contribution < 1.29 is 14.4 Å². The van der Waals surface area contributed by atoms with E-state index in [0.717, 1.165) is 6.42 Å². The van der Waals surface area contributed by atoms with Crippen molar-refractivity contribution >= 4 is 23.4 Å². The molecule has 0 saturated carbocycles. The van der Waals surface area contributed by atoms with Crippen LogP contribution in [-0.4, -0.2) is 23.8 Å². The first-order valence-electron chi connectivity index (χ1n) is 5.96. The van der Waals surface area contributed by atoms with Crippen molar-refractivity contribution in [3.05, 3.63) is 29.8 Å². The van der Waals surface area contributed by atoms with Crippen molar-refractivity contribution in [3.8, 4) is 0 Å². The number of carbonyl (C=O) groups excluding carboxylic acids is 3. The summed E-state index contributed by atoms with van der Waals surface area (Å²) in [5, 5.41) is 4.90. The van der Waals surface area contributed by atoms with Crippen LogP contribution in [0.4, 0.5) is 5.69 Å². The standard InChI is InChI=1S/C13H17N3O3/c1-3-8(2)15-12(18)13(19)16-10-7-5-4-6-9(10)11(14)17/h4-8H,3H2,1-2H3,(H2,14,17)(H,15,18)(H,16,19). The zero-order valence-corrected chi connectivity index (χ0v) is 10.9. The summed E-state index contributed by atoms with van der Waals surface area (Å²) in [4.78, 5) is 34.4. The number of rotatable bonds is 4. The van der Waals surface area contributed by atoms with E-state index in [0.29, 0.717) is 0 Å². The minimum atomic E-state index is -0.825. The zero-order chi connectivity index (χ0) is 14.4. The molecular weight excluding hydrogens is 246 g/mol. The Hall–Kier alpha value is -2.37. The highest BCUT2D eigenvalue weighted by Gasteiger charge is 2.17. The van der Waals surface area contributed by atoms with E-state index in [2.05, 4.69) is 10.6 Å². The van der Waals surface area contributed by atoms with E-state index in [-0.39, 0.29) is 17.3 Å². The summed E-state index contributed by atoms with van der Waals surface area (Å²) in [6.45, 7) is 3.69. The summed E-state index contributed by atoms with van der Waals surface area (Å²) in [6.07, 6.45) is 0.719. The lowest BCUT2D eigenvalue weighted by Crippen LogP contribution is -2.40. The number of nitrogens with two attached hydrogens (primary N) is 1. The van der Waals surface area contributed by atoms with Crippen molar-refractivity contribution in [1.82, 2.24) is 5.32 Å². The van der Waals surface area contributed by atoms with Gasteiger partial charge in [-0.15, -0.1) is 0 Å². The first kappa shape index (κ1) is 14.7. The Morgan fingerprint density at radius 1 is 1.21 bits per heavy atom. The zero-order valence-electron chi connectivity index (χ0n) is 10.9. The van der Waals surface area contributed by atoms with E-state index in [1.165, 1.54) is 12.1 Å². The van der Waals surface area contributed by atoms with Crippen molar-refractivity contribution in [3.63, 3.8) is 0 Å². The second kappa shape index (κ2) is 6.53. The predicted molar refractivity (Wildman–Crippen MR) is 71.5 cm³/mol. The molecule has 6 heteroatoms. The fourth-order valence-electron chi connectivity index (χ4n) is 1.38. The molecule has 0 aromatic heterocycles. The number of hydrogen-bond acceptors (Lipinski definition) is 3. The van der Waals surface area contributed by atoms with Gasteiger partial charge in [0, 0.05) is 6.04 Å². The maximum Gasteiger partial charge on any atom is 0.313 e. The molecule has 4 N–H and O–H groups in total. The normalized spacial score (nSPS) is 11.5. The van der Waals surface area contributed by atoms with Crippen LogP contribution in [0.25, 0.3) is 0 Å².